The highest BCUT2D eigenvalue weighted by atomic mass is 16.3. The first kappa shape index (κ1) is 9.58. The van der Waals surface area contributed by atoms with Crippen LogP contribution in [0.1, 0.15) is 23.8 Å². The van der Waals surface area contributed by atoms with E-state index in [2.05, 4.69) is 9.97 Å². The maximum atomic E-state index is 11.4. The Kier molecular flexibility index (Phi) is 2.58. The summed E-state index contributed by atoms with van der Waals surface area (Å²) in [4.78, 5) is 19.4. The van der Waals surface area contributed by atoms with Crippen molar-refractivity contribution in [2.75, 3.05) is 0 Å². The zero-order valence-corrected chi connectivity index (χ0v) is 8.30. The van der Waals surface area contributed by atoms with E-state index in [1.165, 1.54) is 6.33 Å². The molecule has 0 spiro atoms. The predicted octanol–water partition coefficient (Wildman–Crippen LogP) is 2.33. The maximum absolute atomic E-state index is 11.4. The lowest BCUT2D eigenvalue weighted by atomic mass is 10.2. The Hall–Kier alpha value is -1.97. The molecule has 2 aromatic rings. The van der Waals surface area contributed by atoms with Gasteiger partial charge in [-0.05, 0) is 18.2 Å². The molecule has 0 atom stereocenters. The standard InChI is InChI=1S/C11H10N2O2/c1-2-10(14)8-6-9(13-7-12-8)11-4-3-5-15-11/h3-7H,2H2,1H3. The molecule has 2 heterocycles. The lowest BCUT2D eigenvalue weighted by Gasteiger charge is -1.98. The van der Waals surface area contributed by atoms with Crippen LogP contribution < -0.4 is 0 Å². The van der Waals surface area contributed by atoms with Crippen LogP contribution in [0, 0.1) is 0 Å². The second kappa shape index (κ2) is 4.04. The van der Waals surface area contributed by atoms with Crippen molar-refractivity contribution >= 4 is 5.78 Å². The first-order valence-electron chi connectivity index (χ1n) is 4.70. The third-order valence-electron chi connectivity index (χ3n) is 2.05. The number of carbonyl (C=O) groups is 1. The van der Waals surface area contributed by atoms with Crippen molar-refractivity contribution in [2.45, 2.75) is 13.3 Å². The van der Waals surface area contributed by atoms with Crippen LogP contribution in [0.2, 0.25) is 0 Å². The number of nitrogens with zero attached hydrogens (tertiary/aromatic N) is 2. The van der Waals surface area contributed by atoms with Gasteiger partial charge < -0.3 is 4.42 Å². The molecule has 0 N–H and O–H groups in total. The predicted molar refractivity (Wildman–Crippen MR) is 54.4 cm³/mol. The molecule has 4 nitrogen and oxygen atoms in total. The van der Waals surface area contributed by atoms with E-state index in [4.69, 9.17) is 4.42 Å². The van der Waals surface area contributed by atoms with Gasteiger partial charge in [0.2, 0.25) is 0 Å². The molecule has 2 aromatic heterocycles. The first-order valence-corrected chi connectivity index (χ1v) is 4.70. The average Bonchev–Trinajstić information content (AvgIpc) is 2.82. The minimum absolute atomic E-state index is 0.00482. The number of hydrogen-bond donors (Lipinski definition) is 0. The Morgan fingerprint density at radius 1 is 1.47 bits per heavy atom. The molecule has 0 bridgehead atoms. The average molecular weight is 202 g/mol. The Bertz CT molecular complexity index is 463. The first-order chi connectivity index (χ1) is 7.31. The molecule has 0 aromatic carbocycles. The summed E-state index contributed by atoms with van der Waals surface area (Å²) in [5, 5.41) is 0. The van der Waals surface area contributed by atoms with Crippen LogP contribution in [0.4, 0.5) is 0 Å². The Balaban J connectivity index is 2.39. The molecule has 0 aliphatic rings. The lowest BCUT2D eigenvalue weighted by molar-refractivity contribution is 0.0983. The number of hydrogen-bond acceptors (Lipinski definition) is 4. The van der Waals surface area contributed by atoms with E-state index in [9.17, 15) is 4.79 Å². The highest BCUT2D eigenvalue weighted by molar-refractivity contribution is 5.94. The van der Waals surface area contributed by atoms with Gasteiger partial charge in [0.15, 0.2) is 11.5 Å². The summed E-state index contributed by atoms with van der Waals surface area (Å²) >= 11 is 0. The van der Waals surface area contributed by atoms with E-state index < -0.39 is 0 Å². The molecule has 76 valence electrons. The number of Topliss-reactive ketones (excluding diaryl/α,β-unsaturated/α-hetero) is 1. The Morgan fingerprint density at radius 2 is 2.33 bits per heavy atom. The largest absolute Gasteiger partial charge is 0.463 e. The minimum atomic E-state index is 0.00482. The van der Waals surface area contributed by atoms with Gasteiger partial charge in [-0.15, -0.1) is 0 Å². The lowest BCUT2D eigenvalue weighted by Crippen LogP contribution is -2.01. The molecule has 0 radical (unpaired) electrons. The Labute approximate surface area is 87.0 Å². The van der Waals surface area contributed by atoms with Crippen LogP contribution in [0.5, 0.6) is 0 Å². The van der Waals surface area contributed by atoms with Crippen molar-refractivity contribution in [3.05, 3.63) is 36.5 Å². The van der Waals surface area contributed by atoms with Crippen molar-refractivity contribution in [3.8, 4) is 11.5 Å². The molecule has 0 aliphatic carbocycles. The molecule has 0 saturated heterocycles. The van der Waals surface area contributed by atoms with E-state index in [1.54, 1.807) is 31.4 Å². The van der Waals surface area contributed by atoms with E-state index >= 15 is 0 Å². The molecule has 0 saturated carbocycles. The van der Waals surface area contributed by atoms with Crippen molar-refractivity contribution in [1.82, 2.24) is 9.97 Å². The fourth-order valence-electron chi connectivity index (χ4n) is 1.25. The van der Waals surface area contributed by atoms with Crippen molar-refractivity contribution in [1.29, 1.82) is 0 Å². The molecule has 0 fully saturated rings. The topological polar surface area (TPSA) is 56.0 Å². The van der Waals surface area contributed by atoms with Gasteiger partial charge in [-0.1, -0.05) is 6.92 Å². The number of aromatic nitrogens is 2. The minimum Gasteiger partial charge on any atom is -0.463 e. The summed E-state index contributed by atoms with van der Waals surface area (Å²) in [5.74, 6) is 0.646. The third kappa shape index (κ3) is 1.93. The van der Waals surface area contributed by atoms with Gasteiger partial charge in [0.05, 0.1) is 6.26 Å². The summed E-state index contributed by atoms with van der Waals surface area (Å²) in [6.45, 7) is 1.80. The number of ketones is 1. The van der Waals surface area contributed by atoms with Crippen LogP contribution in [-0.2, 0) is 0 Å². The van der Waals surface area contributed by atoms with Gasteiger partial charge >= 0.3 is 0 Å². The van der Waals surface area contributed by atoms with E-state index in [-0.39, 0.29) is 5.78 Å². The van der Waals surface area contributed by atoms with Crippen LogP contribution in [0.3, 0.4) is 0 Å². The van der Waals surface area contributed by atoms with Gasteiger partial charge in [-0.25, -0.2) is 9.97 Å². The molecular formula is C11H10N2O2. The zero-order valence-electron chi connectivity index (χ0n) is 8.30. The normalized spacial score (nSPS) is 10.2. The molecule has 0 amide bonds. The summed E-state index contributed by atoms with van der Waals surface area (Å²) in [6.07, 6.45) is 3.38. The quantitative estimate of drug-likeness (QED) is 0.717. The fourth-order valence-corrected chi connectivity index (χ4v) is 1.25. The SMILES string of the molecule is CCC(=O)c1cc(-c2ccco2)ncn1. The number of carbonyl (C=O) groups excluding carboxylic acids is 1. The van der Waals surface area contributed by atoms with Gasteiger partial charge in [0.25, 0.3) is 0 Å². The molecule has 2 rings (SSSR count). The van der Waals surface area contributed by atoms with Crippen molar-refractivity contribution < 1.29 is 9.21 Å². The van der Waals surface area contributed by atoms with Crippen LogP contribution in [-0.4, -0.2) is 15.8 Å². The van der Waals surface area contributed by atoms with Crippen molar-refractivity contribution in [3.63, 3.8) is 0 Å². The third-order valence-corrected chi connectivity index (χ3v) is 2.05. The Morgan fingerprint density at radius 3 is 3.00 bits per heavy atom. The number of rotatable bonds is 3. The molecule has 4 heteroatoms. The smallest absolute Gasteiger partial charge is 0.181 e. The maximum Gasteiger partial charge on any atom is 0.181 e. The van der Waals surface area contributed by atoms with E-state index in [0.29, 0.717) is 23.6 Å². The molecule has 0 unspecified atom stereocenters. The van der Waals surface area contributed by atoms with Crippen LogP contribution in [0.15, 0.2) is 35.2 Å². The van der Waals surface area contributed by atoms with Crippen LogP contribution >= 0.6 is 0 Å². The monoisotopic (exact) mass is 202 g/mol. The van der Waals surface area contributed by atoms with Gasteiger partial charge in [-0.2, -0.15) is 0 Å². The van der Waals surface area contributed by atoms with Gasteiger partial charge in [0.1, 0.15) is 17.7 Å². The zero-order chi connectivity index (χ0) is 10.7. The molecule has 15 heavy (non-hydrogen) atoms. The highest BCUT2D eigenvalue weighted by Crippen LogP contribution is 2.17. The van der Waals surface area contributed by atoms with E-state index in [1.807, 2.05) is 0 Å². The fraction of sp³-hybridized carbons (Fsp3) is 0.182. The van der Waals surface area contributed by atoms with Gasteiger partial charge in [0, 0.05) is 6.42 Å². The summed E-state index contributed by atoms with van der Waals surface area (Å²) in [7, 11) is 0. The highest BCUT2D eigenvalue weighted by Gasteiger charge is 2.08. The van der Waals surface area contributed by atoms with E-state index in [0.717, 1.165) is 0 Å². The summed E-state index contributed by atoms with van der Waals surface area (Å²) < 4.78 is 5.19. The van der Waals surface area contributed by atoms with Gasteiger partial charge in [-0.3, -0.25) is 4.79 Å². The molecular weight excluding hydrogens is 192 g/mol. The van der Waals surface area contributed by atoms with Crippen molar-refractivity contribution in [2.24, 2.45) is 0 Å². The summed E-state index contributed by atoms with van der Waals surface area (Å²) in [5.41, 5.74) is 1.06. The summed E-state index contributed by atoms with van der Waals surface area (Å²) in [6, 6.07) is 5.21. The number of furan rings is 1. The molecule has 0 aliphatic heterocycles. The second-order valence-corrected chi connectivity index (χ2v) is 3.04. The second-order valence-electron chi connectivity index (χ2n) is 3.04. The van der Waals surface area contributed by atoms with Crippen LogP contribution in [0.25, 0.3) is 11.5 Å².